The van der Waals surface area contributed by atoms with Gasteiger partial charge in [-0.1, -0.05) is 18.2 Å². The van der Waals surface area contributed by atoms with Crippen LogP contribution in [0.3, 0.4) is 0 Å². The van der Waals surface area contributed by atoms with Crippen molar-refractivity contribution in [2.24, 2.45) is 0 Å². The van der Waals surface area contributed by atoms with Gasteiger partial charge in [0.2, 0.25) is 11.8 Å². The smallest absolute Gasteiger partial charge is 0.226 e. The third-order valence-electron chi connectivity index (χ3n) is 2.09. The summed E-state index contributed by atoms with van der Waals surface area (Å²) in [6, 6.07) is 9.63. The van der Waals surface area contributed by atoms with Crippen LogP contribution in [0.15, 0.2) is 41.0 Å². The van der Waals surface area contributed by atoms with Gasteiger partial charge < -0.3 is 9.73 Å². The molecule has 0 radical (unpaired) electrons. The van der Waals surface area contributed by atoms with E-state index in [1.165, 1.54) is 6.92 Å². The molecule has 16 heavy (non-hydrogen) atoms. The Morgan fingerprint density at radius 1 is 1.38 bits per heavy atom. The molecule has 1 amide bonds. The molecule has 1 heterocycles. The van der Waals surface area contributed by atoms with Gasteiger partial charge in [0, 0.05) is 12.5 Å². The number of nitrogens with zero attached hydrogens (tertiary/aromatic N) is 1. The zero-order chi connectivity index (χ0) is 11.4. The molecular formula is C12H12N2O2. The number of amides is 1. The number of hydrogen-bond donors (Lipinski definition) is 1. The van der Waals surface area contributed by atoms with Crippen molar-refractivity contribution in [1.29, 1.82) is 0 Å². The second kappa shape index (κ2) is 4.61. The first-order valence-corrected chi connectivity index (χ1v) is 5.00. The van der Waals surface area contributed by atoms with Crippen molar-refractivity contribution in [3.63, 3.8) is 0 Å². The van der Waals surface area contributed by atoms with E-state index in [-0.39, 0.29) is 5.91 Å². The van der Waals surface area contributed by atoms with Crippen LogP contribution in [0.4, 0.5) is 0 Å². The summed E-state index contributed by atoms with van der Waals surface area (Å²) in [5.41, 5.74) is 1.64. The number of oxazole rings is 1. The van der Waals surface area contributed by atoms with Crippen molar-refractivity contribution in [1.82, 2.24) is 10.3 Å². The van der Waals surface area contributed by atoms with Gasteiger partial charge in [0.15, 0.2) is 0 Å². The van der Waals surface area contributed by atoms with Crippen molar-refractivity contribution in [3.8, 4) is 11.5 Å². The fraction of sp³-hybridized carbons (Fsp3) is 0.167. The lowest BCUT2D eigenvalue weighted by Crippen LogP contribution is -2.18. The molecule has 0 bridgehead atoms. The van der Waals surface area contributed by atoms with Gasteiger partial charge in [-0.3, -0.25) is 4.79 Å². The van der Waals surface area contributed by atoms with Crippen molar-refractivity contribution < 1.29 is 9.21 Å². The number of carbonyl (C=O) groups is 1. The first-order chi connectivity index (χ1) is 7.75. The molecular weight excluding hydrogens is 204 g/mol. The average Bonchev–Trinajstić information content (AvgIpc) is 2.76. The van der Waals surface area contributed by atoms with Crippen molar-refractivity contribution >= 4 is 5.91 Å². The number of hydrogen-bond acceptors (Lipinski definition) is 3. The van der Waals surface area contributed by atoms with Crippen LogP contribution in [0.25, 0.3) is 11.5 Å². The summed E-state index contributed by atoms with van der Waals surface area (Å²) >= 11 is 0. The topological polar surface area (TPSA) is 55.1 Å². The Kier molecular flexibility index (Phi) is 3.00. The Hall–Kier alpha value is -2.10. The van der Waals surface area contributed by atoms with Gasteiger partial charge in [-0.25, -0.2) is 4.98 Å². The van der Waals surface area contributed by atoms with Crippen molar-refractivity contribution in [2.75, 3.05) is 0 Å². The first-order valence-electron chi connectivity index (χ1n) is 5.00. The Morgan fingerprint density at radius 3 is 2.81 bits per heavy atom. The molecule has 0 spiro atoms. The number of aromatic nitrogens is 1. The minimum atomic E-state index is -0.0794. The molecule has 1 aromatic carbocycles. The largest absolute Gasteiger partial charge is 0.444 e. The van der Waals surface area contributed by atoms with E-state index in [9.17, 15) is 4.79 Å². The molecule has 0 saturated heterocycles. The van der Waals surface area contributed by atoms with Crippen LogP contribution in [-0.4, -0.2) is 10.9 Å². The van der Waals surface area contributed by atoms with Gasteiger partial charge in [0.1, 0.15) is 6.26 Å². The van der Waals surface area contributed by atoms with Crippen LogP contribution >= 0.6 is 0 Å². The van der Waals surface area contributed by atoms with Crippen LogP contribution < -0.4 is 5.32 Å². The summed E-state index contributed by atoms with van der Waals surface area (Å²) in [6.45, 7) is 1.86. The summed E-state index contributed by atoms with van der Waals surface area (Å²) in [6.07, 6.45) is 1.55. The normalized spacial score (nSPS) is 10.1. The molecule has 4 heteroatoms. The monoisotopic (exact) mass is 216 g/mol. The molecule has 4 nitrogen and oxygen atoms in total. The third-order valence-corrected chi connectivity index (χ3v) is 2.09. The molecule has 0 aliphatic rings. The molecule has 1 aromatic heterocycles. The summed E-state index contributed by atoms with van der Waals surface area (Å²) in [4.78, 5) is 15.0. The summed E-state index contributed by atoms with van der Waals surface area (Å²) in [5, 5.41) is 2.67. The number of nitrogens with one attached hydrogen (secondary N) is 1. The maximum Gasteiger partial charge on any atom is 0.226 e. The van der Waals surface area contributed by atoms with E-state index in [1.807, 2.05) is 30.3 Å². The van der Waals surface area contributed by atoms with Gasteiger partial charge >= 0.3 is 0 Å². The van der Waals surface area contributed by atoms with E-state index >= 15 is 0 Å². The SMILES string of the molecule is CC(=O)NCc1coc(-c2ccccc2)n1. The van der Waals surface area contributed by atoms with Gasteiger partial charge in [0.25, 0.3) is 0 Å². The lowest BCUT2D eigenvalue weighted by atomic mass is 10.2. The van der Waals surface area contributed by atoms with Gasteiger partial charge in [-0.05, 0) is 12.1 Å². The molecule has 0 fully saturated rings. The van der Waals surface area contributed by atoms with E-state index in [0.29, 0.717) is 18.1 Å². The lowest BCUT2D eigenvalue weighted by Gasteiger charge is -1.95. The maximum atomic E-state index is 10.7. The van der Waals surface area contributed by atoms with Crippen LogP contribution in [0.5, 0.6) is 0 Å². The Balaban J connectivity index is 2.11. The van der Waals surface area contributed by atoms with Gasteiger partial charge in [-0.15, -0.1) is 0 Å². The van der Waals surface area contributed by atoms with Crippen molar-refractivity contribution in [2.45, 2.75) is 13.5 Å². The Morgan fingerprint density at radius 2 is 2.12 bits per heavy atom. The first kappa shape index (κ1) is 10.4. The van der Waals surface area contributed by atoms with Crippen LogP contribution in [0, 0.1) is 0 Å². The fourth-order valence-corrected chi connectivity index (χ4v) is 1.32. The Labute approximate surface area is 93.3 Å². The number of rotatable bonds is 3. The molecule has 1 N–H and O–H groups in total. The standard InChI is InChI=1S/C12H12N2O2/c1-9(15)13-7-11-8-16-12(14-11)10-5-3-2-4-6-10/h2-6,8H,7H2,1H3,(H,13,15). The highest BCUT2D eigenvalue weighted by atomic mass is 16.3. The van der Waals surface area contributed by atoms with E-state index in [0.717, 1.165) is 5.56 Å². The number of carbonyl (C=O) groups excluding carboxylic acids is 1. The molecule has 2 aromatic rings. The molecule has 82 valence electrons. The Bertz CT molecular complexity index is 477. The summed E-state index contributed by atoms with van der Waals surface area (Å²) < 4.78 is 5.32. The second-order valence-electron chi connectivity index (χ2n) is 3.42. The molecule has 0 aliphatic carbocycles. The predicted molar refractivity (Wildman–Crippen MR) is 59.5 cm³/mol. The highest BCUT2D eigenvalue weighted by Gasteiger charge is 2.05. The predicted octanol–water partition coefficient (Wildman–Crippen LogP) is 1.98. The molecule has 0 aliphatic heterocycles. The molecule has 0 unspecified atom stereocenters. The second-order valence-corrected chi connectivity index (χ2v) is 3.42. The van der Waals surface area contributed by atoms with Crippen LogP contribution in [0.2, 0.25) is 0 Å². The average molecular weight is 216 g/mol. The van der Waals surface area contributed by atoms with Gasteiger partial charge in [-0.2, -0.15) is 0 Å². The maximum absolute atomic E-state index is 10.7. The molecule has 0 atom stereocenters. The molecule has 0 saturated carbocycles. The number of benzene rings is 1. The third kappa shape index (κ3) is 2.48. The van der Waals surface area contributed by atoms with E-state index < -0.39 is 0 Å². The lowest BCUT2D eigenvalue weighted by molar-refractivity contribution is -0.119. The summed E-state index contributed by atoms with van der Waals surface area (Å²) in [5.74, 6) is 0.491. The van der Waals surface area contributed by atoms with Gasteiger partial charge in [0.05, 0.1) is 12.2 Å². The molecule has 2 rings (SSSR count). The minimum absolute atomic E-state index is 0.0794. The van der Waals surface area contributed by atoms with Crippen LogP contribution in [-0.2, 0) is 11.3 Å². The quantitative estimate of drug-likeness (QED) is 0.853. The zero-order valence-corrected chi connectivity index (χ0v) is 8.93. The van der Waals surface area contributed by atoms with E-state index in [1.54, 1.807) is 6.26 Å². The van der Waals surface area contributed by atoms with E-state index in [2.05, 4.69) is 10.3 Å². The van der Waals surface area contributed by atoms with E-state index in [4.69, 9.17) is 4.42 Å². The van der Waals surface area contributed by atoms with Crippen molar-refractivity contribution in [3.05, 3.63) is 42.3 Å². The fourth-order valence-electron chi connectivity index (χ4n) is 1.32. The zero-order valence-electron chi connectivity index (χ0n) is 8.93. The highest BCUT2D eigenvalue weighted by molar-refractivity contribution is 5.72. The summed E-state index contributed by atoms with van der Waals surface area (Å²) in [7, 11) is 0. The minimum Gasteiger partial charge on any atom is -0.444 e. The van der Waals surface area contributed by atoms with Crippen LogP contribution in [0.1, 0.15) is 12.6 Å². The highest BCUT2D eigenvalue weighted by Crippen LogP contribution is 2.17.